The van der Waals surface area contributed by atoms with Crippen molar-refractivity contribution in [3.63, 3.8) is 0 Å². The summed E-state index contributed by atoms with van der Waals surface area (Å²) < 4.78 is 1.77. The van der Waals surface area contributed by atoms with Crippen LogP contribution in [0.2, 0.25) is 0 Å². The van der Waals surface area contributed by atoms with Crippen molar-refractivity contribution in [2.75, 3.05) is 25.5 Å². The van der Waals surface area contributed by atoms with E-state index >= 15 is 0 Å². The van der Waals surface area contributed by atoms with Crippen LogP contribution in [0.3, 0.4) is 0 Å². The molecule has 8 heteroatoms. The molecular formula is C14H20N7S+. The topological polar surface area (TPSA) is 72.4 Å². The Morgan fingerprint density at radius 2 is 2.27 bits per heavy atom. The zero-order valence-corrected chi connectivity index (χ0v) is 13.9. The van der Waals surface area contributed by atoms with Crippen molar-refractivity contribution in [1.29, 1.82) is 0 Å². The maximum absolute atomic E-state index is 4.65. The predicted octanol–water partition coefficient (Wildman–Crippen LogP) is 0.373. The van der Waals surface area contributed by atoms with Crippen LogP contribution < -0.4 is 10.2 Å². The molecule has 4 heterocycles. The number of tetrazole rings is 1. The number of fused-ring (bicyclic) bond motifs is 5. The van der Waals surface area contributed by atoms with Crippen LogP contribution >= 0.6 is 11.3 Å². The Balaban J connectivity index is 1.95. The van der Waals surface area contributed by atoms with E-state index < -0.39 is 0 Å². The summed E-state index contributed by atoms with van der Waals surface area (Å²) >= 11 is 1.81. The Kier molecular flexibility index (Phi) is 3.23. The van der Waals surface area contributed by atoms with Gasteiger partial charge < -0.3 is 10.2 Å². The van der Waals surface area contributed by atoms with Crippen molar-refractivity contribution >= 4 is 33.1 Å². The Bertz CT molecular complexity index is 835. The molecule has 0 radical (unpaired) electrons. The van der Waals surface area contributed by atoms with Gasteiger partial charge in [0.15, 0.2) is 0 Å². The van der Waals surface area contributed by atoms with Gasteiger partial charge in [-0.1, -0.05) is 18.9 Å². The van der Waals surface area contributed by atoms with Gasteiger partial charge in [-0.05, 0) is 21.9 Å². The van der Waals surface area contributed by atoms with Crippen LogP contribution in [0, 0.1) is 5.92 Å². The first kappa shape index (κ1) is 13.8. The molecule has 0 aliphatic carbocycles. The summed E-state index contributed by atoms with van der Waals surface area (Å²) in [5.41, 5.74) is 1.43. The number of nitrogens with zero attached hydrogens (tertiary/aromatic N) is 5. The fraction of sp³-hybridized carbons (Fsp3) is 0.571. The van der Waals surface area contributed by atoms with Crippen molar-refractivity contribution in [1.82, 2.24) is 25.0 Å². The lowest BCUT2D eigenvalue weighted by Crippen LogP contribution is -3.08. The lowest BCUT2D eigenvalue weighted by atomic mass is 10.1. The van der Waals surface area contributed by atoms with Crippen molar-refractivity contribution in [2.24, 2.45) is 5.92 Å². The quantitative estimate of drug-likeness (QED) is 0.730. The van der Waals surface area contributed by atoms with Crippen LogP contribution in [0.1, 0.15) is 24.3 Å². The van der Waals surface area contributed by atoms with Crippen molar-refractivity contribution in [2.45, 2.75) is 26.8 Å². The zero-order chi connectivity index (χ0) is 15.3. The number of hydrogen-bond donors (Lipinski definition) is 2. The number of hydrogen-bond acceptors (Lipinski definition) is 6. The SMILES string of the molecule is CC(C)CNc1nc2nnnn2c2sc3c(c12)CC[NH+](C)C3. The molecule has 1 unspecified atom stereocenters. The predicted molar refractivity (Wildman–Crippen MR) is 86.4 cm³/mol. The zero-order valence-electron chi connectivity index (χ0n) is 13.1. The summed E-state index contributed by atoms with van der Waals surface area (Å²) in [7, 11) is 2.25. The van der Waals surface area contributed by atoms with Gasteiger partial charge >= 0.3 is 0 Å². The first-order valence-electron chi connectivity index (χ1n) is 7.71. The van der Waals surface area contributed by atoms with Crippen molar-refractivity contribution in [3.8, 4) is 0 Å². The molecule has 3 aromatic heterocycles. The van der Waals surface area contributed by atoms with Gasteiger partial charge in [-0.15, -0.1) is 11.3 Å². The van der Waals surface area contributed by atoms with Crippen molar-refractivity contribution < 1.29 is 4.90 Å². The number of quaternary nitrogens is 1. The molecule has 22 heavy (non-hydrogen) atoms. The average Bonchev–Trinajstić information content (AvgIpc) is 3.07. The minimum absolute atomic E-state index is 0.564. The molecule has 0 aromatic carbocycles. The van der Waals surface area contributed by atoms with Crippen LogP contribution in [0.4, 0.5) is 5.82 Å². The van der Waals surface area contributed by atoms with Gasteiger partial charge in [0.1, 0.15) is 17.2 Å². The largest absolute Gasteiger partial charge is 0.369 e. The van der Waals surface area contributed by atoms with Crippen LogP contribution in [-0.4, -0.2) is 45.2 Å². The van der Waals surface area contributed by atoms with Gasteiger partial charge in [0, 0.05) is 13.0 Å². The molecule has 0 spiro atoms. The van der Waals surface area contributed by atoms with E-state index in [9.17, 15) is 0 Å². The molecule has 4 rings (SSSR count). The number of anilines is 1. The Hall–Kier alpha value is -1.80. The highest BCUT2D eigenvalue weighted by Crippen LogP contribution is 2.36. The first-order valence-corrected chi connectivity index (χ1v) is 8.52. The normalized spacial score (nSPS) is 18.3. The highest BCUT2D eigenvalue weighted by atomic mass is 32.1. The molecule has 3 aromatic rings. The summed E-state index contributed by atoms with van der Waals surface area (Å²) in [5, 5.41) is 16.6. The number of aromatic nitrogens is 5. The average molecular weight is 318 g/mol. The monoisotopic (exact) mass is 318 g/mol. The van der Waals surface area contributed by atoms with Gasteiger partial charge in [-0.3, -0.25) is 0 Å². The molecule has 0 saturated heterocycles. The molecule has 0 amide bonds. The van der Waals surface area contributed by atoms with E-state index in [-0.39, 0.29) is 0 Å². The molecule has 7 nitrogen and oxygen atoms in total. The highest BCUT2D eigenvalue weighted by Gasteiger charge is 2.26. The third kappa shape index (κ3) is 2.14. The number of thiophene rings is 1. The molecule has 1 atom stereocenters. The van der Waals surface area contributed by atoms with Crippen LogP contribution in [0.25, 0.3) is 16.0 Å². The molecule has 1 aliphatic heterocycles. The summed E-state index contributed by atoms with van der Waals surface area (Å²) in [6, 6.07) is 0. The van der Waals surface area contributed by atoms with Crippen LogP contribution in [-0.2, 0) is 13.0 Å². The standard InChI is InChI=1S/C14H19N7S/c1-8(2)6-15-12-11-9-4-5-20(3)7-10(9)22-13(11)21-14(16-12)17-18-19-21/h8H,4-7H2,1-3H3,(H,15,16,17,19)/p+1. The fourth-order valence-corrected chi connectivity index (χ4v) is 4.37. The summed E-state index contributed by atoms with van der Waals surface area (Å²) in [4.78, 5) is 8.76. The van der Waals surface area contributed by atoms with Gasteiger partial charge in [0.25, 0.3) is 5.78 Å². The fourth-order valence-electron chi connectivity index (χ4n) is 2.97. The summed E-state index contributed by atoms with van der Waals surface area (Å²) in [5.74, 6) is 2.07. The van der Waals surface area contributed by atoms with E-state index in [1.54, 1.807) is 20.8 Å². The lowest BCUT2D eigenvalue weighted by Gasteiger charge is -2.19. The molecular weight excluding hydrogens is 298 g/mol. The third-order valence-corrected chi connectivity index (χ3v) is 5.32. The smallest absolute Gasteiger partial charge is 0.276 e. The Morgan fingerprint density at radius 3 is 3.09 bits per heavy atom. The van der Waals surface area contributed by atoms with Gasteiger partial charge in [-0.2, -0.15) is 9.50 Å². The molecule has 116 valence electrons. The van der Waals surface area contributed by atoms with Crippen molar-refractivity contribution in [3.05, 3.63) is 10.4 Å². The minimum Gasteiger partial charge on any atom is -0.369 e. The highest BCUT2D eigenvalue weighted by molar-refractivity contribution is 7.19. The maximum Gasteiger partial charge on any atom is 0.276 e. The van der Waals surface area contributed by atoms with E-state index in [1.165, 1.54) is 15.8 Å². The molecule has 0 bridgehead atoms. The summed E-state index contributed by atoms with van der Waals surface area (Å²) in [6.45, 7) is 7.53. The van der Waals surface area contributed by atoms with Crippen LogP contribution in [0.5, 0.6) is 0 Å². The molecule has 1 aliphatic rings. The van der Waals surface area contributed by atoms with E-state index in [1.807, 2.05) is 0 Å². The second-order valence-electron chi connectivity index (χ2n) is 6.44. The molecule has 0 saturated carbocycles. The Morgan fingerprint density at radius 1 is 1.41 bits per heavy atom. The van der Waals surface area contributed by atoms with E-state index in [0.717, 1.165) is 36.7 Å². The third-order valence-electron chi connectivity index (χ3n) is 4.11. The van der Waals surface area contributed by atoms with E-state index in [4.69, 9.17) is 0 Å². The van der Waals surface area contributed by atoms with Gasteiger partial charge in [0.05, 0.1) is 23.9 Å². The first-order chi connectivity index (χ1) is 10.6. The number of nitrogens with one attached hydrogen (secondary N) is 2. The van der Waals surface area contributed by atoms with Crippen LogP contribution in [0.15, 0.2) is 0 Å². The molecule has 2 N–H and O–H groups in total. The second-order valence-corrected chi connectivity index (χ2v) is 7.53. The van der Waals surface area contributed by atoms with E-state index in [2.05, 4.69) is 46.7 Å². The second kappa shape index (κ2) is 5.13. The number of likely N-dealkylation sites (N-methyl/N-ethyl adjacent to an activating group) is 1. The maximum atomic E-state index is 4.65. The number of rotatable bonds is 3. The minimum atomic E-state index is 0.564. The molecule has 0 fully saturated rings. The van der Waals surface area contributed by atoms with E-state index in [0.29, 0.717) is 11.7 Å². The summed E-state index contributed by atoms with van der Waals surface area (Å²) in [6.07, 6.45) is 1.09. The Labute approximate surface area is 132 Å². The van der Waals surface area contributed by atoms with Gasteiger partial charge in [-0.25, -0.2) is 0 Å². The van der Waals surface area contributed by atoms with Gasteiger partial charge in [0.2, 0.25) is 0 Å². The lowest BCUT2D eigenvalue weighted by molar-refractivity contribution is -0.895.